The lowest BCUT2D eigenvalue weighted by atomic mass is 9.47. The minimum atomic E-state index is -0.674. The molecule has 3 saturated carbocycles. The second kappa shape index (κ2) is 8.12. The van der Waals surface area contributed by atoms with E-state index in [1.165, 1.54) is 0 Å². The number of benzene rings is 1. The summed E-state index contributed by atoms with van der Waals surface area (Å²) >= 11 is 0. The molecule has 0 amide bonds. The Kier molecular flexibility index (Phi) is 6.02. The van der Waals surface area contributed by atoms with E-state index in [1.807, 2.05) is 19.1 Å². The number of carbonyl (C=O) groups is 2. The van der Waals surface area contributed by atoms with Crippen LogP contribution >= 0.6 is 0 Å². The highest BCUT2D eigenvalue weighted by atomic mass is 19.1. The van der Waals surface area contributed by atoms with E-state index in [-0.39, 0.29) is 18.0 Å². The van der Waals surface area contributed by atoms with E-state index in [2.05, 4.69) is 12.1 Å². The van der Waals surface area contributed by atoms with Crippen molar-refractivity contribution in [2.24, 2.45) is 10.8 Å². The standard InChI is InChI=1S/C23H31FO3/c1-2-19(25)9-10-22-11-13-23(14-12-22,21(26)27)20(16-22)18-7-5-17(6-8-18)4-3-15-24/h5-8,20H,2-4,9-16H2,1H3,(H,26,27). The van der Waals surface area contributed by atoms with Gasteiger partial charge in [0.2, 0.25) is 0 Å². The Hall–Kier alpha value is -1.71. The quantitative estimate of drug-likeness (QED) is 0.624. The van der Waals surface area contributed by atoms with Crippen LogP contribution in [-0.2, 0) is 16.0 Å². The number of carboxylic acid groups (broad SMARTS) is 1. The first-order valence-electron chi connectivity index (χ1n) is 10.3. The Labute approximate surface area is 161 Å². The van der Waals surface area contributed by atoms with Crippen molar-refractivity contribution in [2.45, 2.75) is 77.0 Å². The summed E-state index contributed by atoms with van der Waals surface area (Å²) in [5, 5.41) is 10.1. The number of ketones is 1. The molecule has 3 fully saturated rings. The molecule has 1 N–H and O–H groups in total. The number of Topliss-reactive ketones (excluding diaryl/α,β-unsaturated/α-hetero) is 1. The zero-order chi connectivity index (χ0) is 19.5. The molecule has 3 aliphatic carbocycles. The van der Waals surface area contributed by atoms with Gasteiger partial charge >= 0.3 is 5.97 Å². The number of alkyl halides is 1. The highest BCUT2D eigenvalue weighted by Gasteiger charge is 2.58. The molecule has 2 bridgehead atoms. The summed E-state index contributed by atoms with van der Waals surface area (Å²) in [5.41, 5.74) is 1.63. The van der Waals surface area contributed by atoms with Crippen molar-refractivity contribution in [1.82, 2.24) is 0 Å². The Morgan fingerprint density at radius 3 is 2.37 bits per heavy atom. The van der Waals surface area contributed by atoms with Crippen LogP contribution in [0.1, 0.15) is 81.8 Å². The van der Waals surface area contributed by atoms with Gasteiger partial charge in [0.15, 0.2) is 0 Å². The molecule has 1 unspecified atom stereocenters. The van der Waals surface area contributed by atoms with Gasteiger partial charge in [0.05, 0.1) is 12.1 Å². The molecule has 3 aliphatic rings. The Balaban J connectivity index is 1.82. The van der Waals surface area contributed by atoms with E-state index in [0.29, 0.717) is 44.3 Å². The first-order chi connectivity index (χ1) is 12.9. The number of hydrogen-bond donors (Lipinski definition) is 1. The van der Waals surface area contributed by atoms with E-state index in [4.69, 9.17) is 0 Å². The van der Waals surface area contributed by atoms with Crippen LogP contribution in [0.3, 0.4) is 0 Å². The number of carboxylic acids is 1. The van der Waals surface area contributed by atoms with Crippen molar-refractivity contribution in [1.29, 1.82) is 0 Å². The molecular weight excluding hydrogens is 343 g/mol. The average Bonchev–Trinajstić information content (AvgIpc) is 2.71. The lowest BCUT2D eigenvalue weighted by Crippen LogP contribution is -2.51. The molecule has 0 saturated heterocycles. The van der Waals surface area contributed by atoms with Crippen LogP contribution in [0.4, 0.5) is 4.39 Å². The van der Waals surface area contributed by atoms with Gasteiger partial charge in [0.1, 0.15) is 5.78 Å². The van der Waals surface area contributed by atoms with E-state index in [1.54, 1.807) is 0 Å². The summed E-state index contributed by atoms with van der Waals surface area (Å²) in [6, 6.07) is 8.15. The molecule has 0 heterocycles. The highest BCUT2D eigenvalue weighted by molar-refractivity contribution is 5.78. The average molecular weight is 374 g/mol. The monoisotopic (exact) mass is 374 g/mol. The second-order valence-corrected chi connectivity index (χ2v) is 8.64. The van der Waals surface area contributed by atoms with Crippen LogP contribution in [0, 0.1) is 10.8 Å². The predicted octanol–water partition coefficient (Wildman–Crippen LogP) is 5.47. The summed E-state index contributed by atoms with van der Waals surface area (Å²) in [7, 11) is 0. The zero-order valence-electron chi connectivity index (χ0n) is 16.3. The zero-order valence-corrected chi connectivity index (χ0v) is 16.3. The van der Waals surface area contributed by atoms with Gasteiger partial charge < -0.3 is 5.11 Å². The maximum Gasteiger partial charge on any atom is 0.310 e. The molecule has 27 heavy (non-hydrogen) atoms. The lowest BCUT2D eigenvalue weighted by Gasteiger charge is -2.56. The van der Waals surface area contributed by atoms with Crippen LogP contribution in [0.5, 0.6) is 0 Å². The Morgan fingerprint density at radius 1 is 1.15 bits per heavy atom. The fraction of sp³-hybridized carbons (Fsp3) is 0.652. The smallest absolute Gasteiger partial charge is 0.310 e. The van der Waals surface area contributed by atoms with Crippen molar-refractivity contribution >= 4 is 11.8 Å². The van der Waals surface area contributed by atoms with Crippen molar-refractivity contribution in [3.63, 3.8) is 0 Å². The second-order valence-electron chi connectivity index (χ2n) is 8.64. The first-order valence-corrected chi connectivity index (χ1v) is 10.3. The number of hydrogen-bond acceptors (Lipinski definition) is 2. The number of aryl methyl sites for hydroxylation is 1. The normalized spacial score (nSPS) is 29.6. The number of rotatable bonds is 9. The topological polar surface area (TPSA) is 54.4 Å². The number of aliphatic carboxylic acids is 1. The van der Waals surface area contributed by atoms with Crippen LogP contribution in [0.2, 0.25) is 0 Å². The summed E-state index contributed by atoms with van der Waals surface area (Å²) in [6.07, 6.45) is 7.44. The molecule has 148 valence electrons. The summed E-state index contributed by atoms with van der Waals surface area (Å²) in [5.74, 6) is -0.366. The molecule has 0 radical (unpaired) electrons. The Morgan fingerprint density at radius 2 is 1.81 bits per heavy atom. The largest absolute Gasteiger partial charge is 0.481 e. The molecule has 1 aromatic rings. The maximum absolute atomic E-state index is 12.4. The first kappa shape index (κ1) is 20.0. The molecule has 1 atom stereocenters. The Bertz CT molecular complexity index is 671. The number of carbonyl (C=O) groups excluding carboxylic acids is 1. The summed E-state index contributed by atoms with van der Waals surface area (Å²) in [6.45, 7) is 1.59. The summed E-state index contributed by atoms with van der Waals surface area (Å²) in [4.78, 5) is 24.1. The minimum absolute atomic E-state index is 0.00412. The van der Waals surface area contributed by atoms with Crippen LogP contribution in [0.15, 0.2) is 24.3 Å². The van der Waals surface area contributed by atoms with Crippen LogP contribution in [-0.4, -0.2) is 23.5 Å². The van der Waals surface area contributed by atoms with Gasteiger partial charge in [-0.25, -0.2) is 0 Å². The van der Waals surface area contributed by atoms with Crippen LogP contribution in [0.25, 0.3) is 0 Å². The predicted molar refractivity (Wildman–Crippen MR) is 104 cm³/mol. The van der Waals surface area contributed by atoms with E-state index >= 15 is 0 Å². The third-order valence-corrected chi connectivity index (χ3v) is 7.24. The molecule has 4 rings (SSSR count). The van der Waals surface area contributed by atoms with Crippen molar-refractivity contribution in [2.75, 3.05) is 6.67 Å². The van der Waals surface area contributed by atoms with Gasteiger partial charge in [-0.2, -0.15) is 0 Å². The molecule has 3 nitrogen and oxygen atoms in total. The highest BCUT2D eigenvalue weighted by Crippen LogP contribution is 2.64. The van der Waals surface area contributed by atoms with E-state index < -0.39 is 11.4 Å². The third kappa shape index (κ3) is 3.95. The van der Waals surface area contributed by atoms with Gasteiger partial charge in [-0.3, -0.25) is 14.0 Å². The van der Waals surface area contributed by atoms with Gasteiger partial charge in [-0.05, 0) is 67.9 Å². The third-order valence-electron chi connectivity index (χ3n) is 7.24. The molecular formula is C23H31FO3. The SMILES string of the molecule is CCC(=O)CCC12CCC(C(=O)O)(CC1)C(c1ccc(CCCF)cc1)C2. The molecule has 0 aliphatic heterocycles. The minimum Gasteiger partial charge on any atom is -0.481 e. The lowest BCUT2D eigenvalue weighted by molar-refractivity contribution is -0.162. The number of halogens is 1. The molecule has 1 aromatic carbocycles. The van der Waals surface area contributed by atoms with Crippen molar-refractivity contribution < 1.29 is 19.1 Å². The van der Waals surface area contributed by atoms with Gasteiger partial charge in [-0.15, -0.1) is 0 Å². The van der Waals surface area contributed by atoms with Gasteiger partial charge in [0.25, 0.3) is 0 Å². The maximum atomic E-state index is 12.4. The summed E-state index contributed by atoms with van der Waals surface area (Å²) < 4.78 is 12.4. The van der Waals surface area contributed by atoms with E-state index in [9.17, 15) is 19.1 Å². The van der Waals surface area contributed by atoms with Gasteiger partial charge in [-0.1, -0.05) is 31.2 Å². The van der Waals surface area contributed by atoms with Crippen LogP contribution < -0.4 is 0 Å². The molecule has 0 aromatic heterocycles. The van der Waals surface area contributed by atoms with E-state index in [0.717, 1.165) is 36.8 Å². The molecule has 4 heteroatoms. The number of fused-ring (bicyclic) bond motifs is 3. The molecule has 0 spiro atoms. The van der Waals surface area contributed by atoms with Crippen molar-refractivity contribution in [3.05, 3.63) is 35.4 Å². The fourth-order valence-corrected chi connectivity index (χ4v) is 5.33. The van der Waals surface area contributed by atoms with Crippen molar-refractivity contribution in [3.8, 4) is 0 Å². The van der Waals surface area contributed by atoms with Gasteiger partial charge in [0, 0.05) is 18.8 Å². The fourth-order valence-electron chi connectivity index (χ4n) is 5.33.